The smallest absolute Gasteiger partial charge is 0.416 e. The van der Waals surface area contributed by atoms with E-state index < -0.39 is 11.7 Å². The highest BCUT2D eigenvalue weighted by Crippen LogP contribution is 2.34. The molecule has 0 spiro atoms. The molecule has 1 aliphatic rings. The Morgan fingerprint density at radius 2 is 1.81 bits per heavy atom. The van der Waals surface area contributed by atoms with Gasteiger partial charge in [0.15, 0.2) is 5.78 Å². The molecule has 0 bridgehead atoms. The number of hydrogen-bond donors (Lipinski definition) is 0. The maximum atomic E-state index is 12.8. The lowest BCUT2D eigenvalue weighted by Crippen LogP contribution is -2.46. The first-order valence-electron chi connectivity index (χ1n) is 10.8. The van der Waals surface area contributed by atoms with Gasteiger partial charge in [-0.3, -0.25) is 4.79 Å². The fraction of sp³-hybridized carbons (Fsp3) is 0.346. The molecule has 0 N–H and O–H groups in total. The molecule has 3 nitrogen and oxygen atoms in total. The van der Waals surface area contributed by atoms with E-state index in [-0.39, 0.29) is 5.78 Å². The van der Waals surface area contributed by atoms with E-state index in [1.54, 1.807) is 12.1 Å². The van der Waals surface area contributed by atoms with Crippen LogP contribution in [0, 0.1) is 11.8 Å². The number of carbonyl (C=O) groups excluding carboxylic acids is 1. The van der Waals surface area contributed by atoms with Crippen LogP contribution < -0.4 is 4.74 Å². The summed E-state index contributed by atoms with van der Waals surface area (Å²) in [5.41, 5.74) is -0.0494. The van der Waals surface area contributed by atoms with Crippen molar-refractivity contribution in [1.82, 2.24) is 4.90 Å². The van der Waals surface area contributed by atoms with Gasteiger partial charge in [-0.25, -0.2) is 0 Å². The Hall–Kier alpha value is -2.86. The fourth-order valence-electron chi connectivity index (χ4n) is 4.20. The molecular formula is C26H26F3NO2. The monoisotopic (exact) mass is 441 g/mol. The molecule has 0 aliphatic carbocycles. The number of halogens is 3. The normalized spacial score (nSPS) is 16.0. The zero-order valence-corrected chi connectivity index (χ0v) is 18.2. The second kappa shape index (κ2) is 8.94. The number of ether oxygens (including phenoxy) is 1. The Morgan fingerprint density at radius 1 is 1.09 bits per heavy atom. The van der Waals surface area contributed by atoms with Crippen molar-refractivity contribution in [2.75, 3.05) is 20.1 Å². The Kier molecular flexibility index (Phi) is 6.24. The molecule has 0 aromatic heterocycles. The van der Waals surface area contributed by atoms with Crippen molar-refractivity contribution < 1.29 is 22.7 Å². The summed E-state index contributed by atoms with van der Waals surface area (Å²) < 4.78 is 44.1. The molecular weight excluding hydrogens is 415 g/mol. The van der Waals surface area contributed by atoms with Crippen LogP contribution >= 0.6 is 0 Å². The maximum Gasteiger partial charge on any atom is 0.416 e. The summed E-state index contributed by atoms with van der Waals surface area (Å²) in [6.45, 7) is 4.43. The van der Waals surface area contributed by atoms with Gasteiger partial charge in [0, 0.05) is 30.5 Å². The number of benzene rings is 3. The van der Waals surface area contributed by atoms with Crippen molar-refractivity contribution in [2.24, 2.45) is 11.8 Å². The van der Waals surface area contributed by atoms with E-state index >= 15 is 0 Å². The molecule has 1 atom stereocenters. The third-order valence-corrected chi connectivity index (χ3v) is 6.30. The molecule has 3 aromatic rings. The zero-order chi connectivity index (χ0) is 22.9. The third kappa shape index (κ3) is 4.96. The molecule has 4 rings (SSSR count). The predicted molar refractivity (Wildman–Crippen MR) is 119 cm³/mol. The number of alkyl halides is 3. The van der Waals surface area contributed by atoms with Gasteiger partial charge in [0.1, 0.15) is 11.5 Å². The van der Waals surface area contributed by atoms with Crippen molar-refractivity contribution in [3.05, 3.63) is 71.8 Å². The van der Waals surface area contributed by atoms with E-state index in [4.69, 9.17) is 4.74 Å². The number of nitrogens with zero attached hydrogens (tertiary/aromatic N) is 1. The Balaban J connectivity index is 1.45. The van der Waals surface area contributed by atoms with Crippen molar-refractivity contribution in [3.8, 4) is 11.5 Å². The number of fused-ring (bicyclic) bond motifs is 1. The lowest BCUT2D eigenvalue weighted by atomic mass is 9.83. The largest absolute Gasteiger partial charge is 0.457 e. The van der Waals surface area contributed by atoms with Gasteiger partial charge in [-0.05, 0) is 73.2 Å². The highest BCUT2D eigenvalue weighted by atomic mass is 19.4. The topological polar surface area (TPSA) is 29.5 Å². The van der Waals surface area contributed by atoms with Crippen LogP contribution in [0.3, 0.4) is 0 Å². The quantitative estimate of drug-likeness (QED) is 0.377. The van der Waals surface area contributed by atoms with Crippen LogP contribution in [0.2, 0.25) is 0 Å². The Morgan fingerprint density at radius 3 is 2.47 bits per heavy atom. The number of ketones is 1. The van der Waals surface area contributed by atoms with Crippen molar-refractivity contribution in [2.45, 2.75) is 25.9 Å². The van der Waals surface area contributed by atoms with Crippen molar-refractivity contribution in [1.29, 1.82) is 0 Å². The Bertz CT molecular complexity index is 1100. The number of carbonyl (C=O) groups is 1. The molecule has 168 valence electrons. The summed E-state index contributed by atoms with van der Waals surface area (Å²) in [7, 11) is 2.11. The maximum absolute atomic E-state index is 12.8. The van der Waals surface area contributed by atoms with E-state index in [1.165, 1.54) is 12.1 Å². The minimum atomic E-state index is -4.38. The first kappa shape index (κ1) is 22.3. The molecule has 1 saturated heterocycles. The highest BCUT2D eigenvalue weighted by molar-refractivity contribution is 6.01. The van der Waals surface area contributed by atoms with E-state index in [0.29, 0.717) is 35.3 Å². The van der Waals surface area contributed by atoms with Crippen molar-refractivity contribution >= 4 is 16.6 Å². The zero-order valence-electron chi connectivity index (χ0n) is 18.2. The van der Waals surface area contributed by atoms with Gasteiger partial charge in [-0.15, -0.1) is 0 Å². The molecule has 3 aromatic carbocycles. The standard InChI is InChI=1S/C26H26F3NO2/c1-17(20-15-30(2)16-20)6-13-24(31)19-7-12-23-18(14-19)4-3-5-25(23)32-22-10-8-21(9-11-22)26(27,28)29/h3-5,7-12,14,17,20H,6,13,15-16H2,1-2H3/t17-/m0/s1. The molecule has 1 aliphatic heterocycles. The van der Waals surface area contributed by atoms with Crippen LogP contribution in [-0.4, -0.2) is 30.8 Å². The van der Waals surface area contributed by atoms with Crippen LogP contribution in [0.5, 0.6) is 11.5 Å². The second-order valence-corrected chi connectivity index (χ2v) is 8.74. The number of rotatable bonds is 7. The van der Waals surface area contributed by atoms with Crippen LogP contribution in [0.15, 0.2) is 60.7 Å². The van der Waals surface area contributed by atoms with Gasteiger partial charge in [0.25, 0.3) is 0 Å². The molecule has 6 heteroatoms. The Labute approximate surface area is 185 Å². The highest BCUT2D eigenvalue weighted by Gasteiger charge is 2.30. The lowest BCUT2D eigenvalue weighted by molar-refractivity contribution is -0.137. The third-order valence-electron chi connectivity index (χ3n) is 6.30. The summed E-state index contributed by atoms with van der Waals surface area (Å²) in [5.74, 6) is 2.18. The van der Waals surface area contributed by atoms with E-state index in [2.05, 4.69) is 18.9 Å². The van der Waals surface area contributed by atoms with Gasteiger partial charge in [0.05, 0.1) is 5.56 Å². The summed E-state index contributed by atoms with van der Waals surface area (Å²) in [6.07, 6.45) is -2.98. The minimum absolute atomic E-state index is 0.125. The van der Waals surface area contributed by atoms with Gasteiger partial charge in [-0.1, -0.05) is 25.1 Å². The molecule has 1 heterocycles. The predicted octanol–water partition coefficient (Wildman–Crippen LogP) is 6.81. The van der Waals surface area contributed by atoms with Crippen LogP contribution in [0.4, 0.5) is 13.2 Å². The lowest BCUT2D eigenvalue weighted by Gasteiger charge is -2.40. The summed E-state index contributed by atoms with van der Waals surface area (Å²) in [5, 5.41) is 1.66. The van der Waals surface area contributed by atoms with Gasteiger partial charge < -0.3 is 9.64 Å². The average Bonchev–Trinajstić information content (AvgIpc) is 2.74. The first-order valence-corrected chi connectivity index (χ1v) is 10.8. The second-order valence-electron chi connectivity index (χ2n) is 8.74. The van der Waals surface area contributed by atoms with E-state index in [9.17, 15) is 18.0 Å². The minimum Gasteiger partial charge on any atom is -0.457 e. The van der Waals surface area contributed by atoms with Crippen LogP contribution in [-0.2, 0) is 6.18 Å². The summed E-state index contributed by atoms with van der Waals surface area (Å²) >= 11 is 0. The number of Topliss-reactive ketones (excluding diaryl/α,β-unsaturated/α-hetero) is 1. The van der Waals surface area contributed by atoms with Crippen LogP contribution in [0.1, 0.15) is 35.7 Å². The summed E-state index contributed by atoms with van der Waals surface area (Å²) in [4.78, 5) is 15.0. The SMILES string of the molecule is C[C@@H](CCC(=O)c1ccc2c(Oc3ccc(C(F)(F)F)cc3)cccc2c1)C1CN(C)C1. The molecule has 1 fully saturated rings. The number of hydrogen-bond acceptors (Lipinski definition) is 3. The molecule has 0 amide bonds. The van der Waals surface area contributed by atoms with E-state index in [1.807, 2.05) is 24.3 Å². The van der Waals surface area contributed by atoms with Gasteiger partial charge in [0.2, 0.25) is 0 Å². The van der Waals surface area contributed by atoms with Crippen LogP contribution in [0.25, 0.3) is 10.8 Å². The molecule has 0 unspecified atom stereocenters. The van der Waals surface area contributed by atoms with Crippen molar-refractivity contribution in [3.63, 3.8) is 0 Å². The molecule has 0 saturated carbocycles. The van der Waals surface area contributed by atoms with E-state index in [0.717, 1.165) is 42.4 Å². The van der Waals surface area contributed by atoms with Gasteiger partial charge in [-0.2, -0.15) is 13.2 Å². The van der Waals surface area contributed by atoms with Gasteiger partial charge >= 0.3 is 6.18 Å². The molecule has 32 heavy (non-hydrogen) atoms. The average molecular weight is 441 g/mol. The molecule has 0 radical (unpaired) electrons. The first-order chi connectivity index (χ1) is 15.2. The summed E-state index contributed by atoms with van der Waals surface area (Å²) in [6, 6.07) is 15.6. The number of likely N-dealkylation sites (tertiary alicyclic amines) is 1. The fourth-order valence-corrected chi connectivity index (χ4v) is 4.20.